The van der Waals surface area contributed by atoms with E-state index in [0.717, 1.165) is 4.88 Å². The third-order valence-corrected chi connectivity index (χ3v) is 6.06. The Morgan fingerprint density at radius 1 is 1.03 bits per heavy atom. The molecule has 2 aliphatic rings. The van der Waals surface area contributed by atoms with Crippen LogP contribution in [0.15, 0.2) is 41.8 Å². The highest BCUT2D eigenvalue weighted by Gasteiger charge is 2.33. The number of nitrogens with zero attached hydrogens (tertiary/aromatic N) is 6. The highest BCUT2D eigenvalue weighted by Crippen LogP contribution is 2.31. The molecule has 4 heterocycles. The molecule has 2 amide bonds. The van der Waals surface area contributed by atoms with E-state index in [0.29, 0.717) is 43.5 Å². The van der Waals surface area contributed by atoms with Crippen molar-refractivity contribution in [3.63, 3.8) is 0 Å². The average Bonchev–Trinajstić information content (AvgIpc) is 3.50. The molecule has 0 N–H and O–H groups in total. The first-order chi connectivity index (χ1) is 15.2. The van der Waals surface area contributed by atoms with Gasteiger partial charge < -0.3 is 19.3 Å². The standard InChI is InChI=1S/C20H20N6O4S/c27-18(12-26-22-19(21-23-26)17-6-3-11-31-17)24-7-9-25(10-8-24)20(28)16-13-29-14-4-1-2-5-15(14)30-16/h1-6,11,16H,7-10,12-13H2/t16-/m0/s1. The molecule has 0 unspecified atom stereocenters. The van der Waals surface area contributed by atoms with Crippen molar-refractivity contribution < 1.29 is 19.1 Å². The SMILES string of the molecule is O=C(Cn1nnc(-c2cccs2)n1)N1CCN(C(=O)[C@@H]2COc3ccccc3O2)CC1. The first-order valence-corrected chi connectivity index (χ1v) is 10.8. The zero-order chi connectivity index (χ0) is 21.2. The molecule has 3 aromatic rings. The minimum Gasteiger partial charge on any atom is -0.485 e. The second kappa shape index (κ2) is 8.34. The van der Waals surface area contributed by atoms with E-state index < -0.39 is 6.10 Å². The Bertz CT molecular complexity index is 1080. The Morgan fingerprint density at radius 2 is 1.81 bits per heavy atom. The molecule has 1 fully saturated rings. The van der Waals surface area contributed by atoms with Crippen LogP contribution in [-0.4, -0.2) is 80.7 Å². The number of rotatable bonds is 4. The molecular formula is C20H20N6O4S. The smallest absolute Gasteiger partial charge is 0.267 e. The van der Waals surface area contributed by atoms with E-state index in [1.54, 1.807) is 15.9 Å². The van der Waals surface area contributed by atoms with E-state index in [4.69, 9.17) is 9.47 Å². The quantitative estimate of drug-likeness (QED) is 0.594. The summed E-state index contributed by atoms with van der Waals surface area (Å²) in [5.41, 5.74) is 0. The number of thiophene rings is 1. The summed E-state index contributed by atoms with van der Waals surface area (Å²) < 4.78 is 11.5. The number of hydrogen-bond donors (Lipinski definition) is 0. The molecule has 0 spiro atoms. The van der Waals surface area contributed by atoms with Crippen molar-refractivity contribution in [3.05, 3.63) is 41.8 Å². The van der Waals surface area contributed by atoms with Crippen molar-refractivity contribution in [1.29, 1.82) is 0 Å². The minimum atomic E-state index is -0.674. The number of hydrogen-bond acceptors (Lipinski definition) is 8. The van der Waals surface area contributed by atoms with Crippen molar-refractivity contribution in [1.82, 2.24) is 30.0 Å². The molecule has 160 valence electrons. The molecule has 11 heteroatoms. The van der Waals surface area contributed by atoms with Crippen LogP contribution in [0.4, 0.5) is 0 Å². The summed E-state index contributed by atoms with van der Waals surface area (Å²) in [6.45, 7) is 1.97. The predicted molar refractivity (Wildman–Crippen MR) is 111 cm³/mol. The number of carbonyl (C=O) groups is 2. The number of tetrazole rings is 1. The summed E-state index contributed by atoms with van der Waals surface area (Å²) in [5.74, 6) is 1.50. The van der Waals surface area contributed by atoms with E-state index in [1.165, 1.54) is 16.1 Å². The van der Waals surface area contributed by atoms with Crippen LogP contribution >= 0.6 is 11.3 Å². The number of aromatic nitrogens is 4. The number of amides is 2. The Morgan fingerprint density at radius 3 is 2.58 bits per heavy atom. The fourth-order valence-electron chi connectivity index (χ4n) is 3.56. The molecule has 10 nitrogen and oxygen atoms in total. The largest absolute Gasteiger partial charge is 0.485 e. The Hall–Kier alpha value is -3.47. The van der Waals surface area contributed by atoms with Gasteiger partial charge in [0.05, 0.1) is 4.88 Å². The Labute approximate surface area is 182 Å². The van der Waals surface area contributed by atoms with Gasteiger partial charge in [0, 0.05) is 26.2 Å². The highest BCUT2D eigenvalue weighted by molar-refractivity contribution is 7.13. The van der Waals surface area contributed by atoms with Gasteiger partial charge in [-0.15, -0.1) is 21.5 Å². The van der Waals surface area contributed by atoms with Gasteiger partial charge in [0.2, 0.25) is 17.8 Å². The average molecular weight is 440 g/mol. The summed E-state index contributed by atoms with van der Waals surface area (Å²) >= 11 is 1.52. The molecule has 2 aliphatic heterocycles. The van der Waals surface area contributed by atoms with Gasteiger partial charge in [-0.25, -0.2) is 0 Å². The van der Waals surface area contributed by atoms with E-state index >= 15 is 0 Å². The van der Waals surface area contributed by atoms with Gasteiger partial charge in [-0.1, -0.05) is 18.2 Å². The summed E-state index contributed by atoms with van der Waals surface area (Å²) in [6, 6.07) is 11.1. The van der Waals surface area contributed by atoms with Crippen LogP contribution in [0.2, 0.25) is 0 Å². The fraction of sp³-hybridized carbons (Fsp3) is 0.350. The zero-order valence-corrected chi connectivity index (χ0v) is 17.4. The lowest BCUT2D eigenvalue weighted by Crippen LogP contribution is -2.55. The molecule has 0 radical (unpaired) electrons. The maximum absolute atomic E-state index is 12.8. The maximum atomic E-state index is 12.8. The summed E-state index contributed by atoms with van der Waals surface area (Å²) in [6.07, 6.45) is -0.674. The number of benzene rings is 1. The van der Waals surface area contributed by atoms with Gasteiger partial charge >= 0.3 is 0 Å². The molecule has 2 aromatic heterocycles. The summed E-state index contributed by atoms with van der Waals surface area (Å²) in [7, 11) is 0. The zero-order valence-electron chi connectivity index (χ0n) is 16.6. The molecule has 5 rings (SSSR count). The second-order valence-corrected chi connectivity index (χ2v) is 8.14. The molecule has 1 aromatic carbocycles. The van der Waals surface area contributed by atoms with Gasteiger partial charge in [-0.05, 0) is 28.8 Å². The van der Waals surface area contributed by atoms with Gasteiger partial charge in [0.25, 0.3) is 5.91 Å². The first-order valence-electron chi connectivity index (χ1n) is 9.94. The van der Waals surface area contributed by atoms with Crippen LogP contribution in [0.5, 0.6) is 11.5 Å². The van der Waals surface area contributed by atoms with Crippen LogP contribution in [0.25, 0.3) is 10.7 Å². The number of fused-ring (bicyclic) bond motifs is 1. The van der Waals surface area contributed by atoms with Crippen molar-refractivity contribution in [3.8, 4) is 22.2 Å². The van der Waals surface area contributed by atoms with Crippen LogP contribution in [-0.2, 0) is 16.1 Å². The van der Waals surface area contributed by atoms with E-state index in [9.17, 15) is 9.59 Å². The van der Waals surface area contributed by atoms with E-state index in [-0.39, 0.29) is 25.0 Å². The topological polar surface area (TPSA) is 103 Å². The highest BCUT2D eigenvalue weighted by atomic mass is 32.1. The van der Waals surface area contributed by atoms with Crippen LogP contribution in [0.1, 0.15) is 0 Å². The van der Waals surface area contributed by atoms with Gasteiger partial charge in [-0.2, -0.15) is 4.80 Å². The van der Waals surface area contributed by atoms with Gasteiger partial charge in [0.15, 0.2) is 11.5 Å². The van der Waals surface area contributed by atoms with Crippen molar-refractivity contribution in [2.45, 2.75) is 12.6 Å². The molecule has 31 heavy (non-hydrogen) atoms. The third kappa shape index (κ3) is 4.08. The lowest BCUT2D eigenvalue weighted by Gasteiger charge is -2.37. The van der Waals surface area contributed by atoms with Crippen LogP contribution in [0, 0.1) is 0 Å². The Balaban J connectivity index is 1.13. The molecule has 0 aliphatic carbocycles. The number of piperazine rings is 1. The predicted octanol–water partition coefficient (Wildman–Crippen LogP) is 0.912. The summed E-state index contributed by atoms with van der Waals surface area (Å²) in [5, 5.41) is 14.2. The minimum absolute atomic E-state index is 0.0165. The molecule has 1 saturated heterocycles. The van der Waals surface area contributed by atoms with Crippen LogP contribution in [0.3, 0.4) is 0 Å². The normalized spacial score (nSPS) is 18.1. The first kappa shape index (κ1) is 19.5. The number of carbonyl (C=O) groups excluding carboxylic acids is 2. The van der Waals surface area contributed by atoms with Crippen molar-refractivity contribution in [2.75, 3.05) is 32.8 Å². The van der Waals surface area contributed by atoms with E-state index in [2.05, 4.69) is 15.4 Å². The summed E-state index contributed by atoms with van der Waals surface area (Å²) in [4.78, 5) is 31.1. The van der Waals surface area contributed by atoms with Gasteiger partial charge in [0.1, 0.15) is 13.2 Å². The monoisotopic (exact) mass is 440 g/mol. The third-order valence-electron chi connectivity index (χ3n) is 5.20. The van der Waals surface area contributed by atoms with E-state index in [1.807, 2.05) is 35.7 Å². The Kier molecular flexibility index (Phi) is 5.24. The lowest BCUT2D eigenvalue weighted by molar-refractivity contribution is -0.146. The number of ether oxygens (including phenoxy) is 2. The maximum Gasteiger partial charge on any atom is 0.267 e. The van der Waals surface area contributed by atoms with Crippen molar-refractivity contribution in [2.24, 2.45) is 0 Å². The lowest BCUT2D eigenvalue weighted by atomic mass is 10.2. The molecule has 1 atom stereocenters. The molecule has 0 bridgehead atoms. The van der Waals surface area contributed by atoms with Crippen LogP contribution < -0.4 is 9.47 Å². The number of para-hydroxylation sites is 2. The second-order valence-electron chi connectivity index (χ2n) is 7.19. The fourth-order valence-corrected chi connectivity index (χ4v) is 4.20. The van der Waals surface area contributed by atoms with Crippen molar-refractivity contribution >= 4 is 23.2 Å². The van der Waals surface area contributed by atoms with Gasteiger partial charge in [-0.3, -0.25) is 9.59 Å². The molecule has 0 saturated carbocycles. The molecular weight excluding hydrogens is 420 g/mol.